The van der Waals surface area contributed by atoms with E-state index in [9.17, 15) is 14.6 Å². The molecule has 45 heavy (non-hydrogen) atoms. The lowest BCUT2D eigenvalue weighted by Gasteiger charge is -2.30. The molecule has 20 nitrogen and oxygen atoms in total. The molecule has 2 bridgehead atoms. The summed E-state index contributed by atoms with van der Waals surface area (Å²) in [6.07, 6.45) is -2.65. The third-order valence-electron chi connectivity index (χ3n) is 7.79. The highest BCUT2D eigenvalue weighted by atomic mass is 32.5. The van der Waals surface area contributed by atoms with Gasteiger partial charge in [0, 0.05) is 11.7 Å². The Morgan fingerprint density at radius 2 is 1.69 bits per heavy atom. The molecule has 0 spiro atoms. The topological polar surface area (TPSA) is 261 Å². The molecule has 0 aliphatic carbocycles. The van der Waals surface area contributed by atoms with E-state index >= 15 is 0 Å². The molecule has 0 saturated carbocycles. The summed E-state index contributed by atoms with van der Waals surface area (Å²) in [5.41, 5.74) is 11.7. The van der Waals surface area contributed by atoms with Crippen molar-refractivity contribution < 1.29 is 46.9 Å². The van der Waals surface area contributed by atoms with Gasteiger partial charge in [-0.3, -0.25) is 13.7 Å². The van der Waals surface area contributed by atoms with Crippen molar-refractivity contribution in [3.63, 3.8) is 0 Å². The SMILES string of the molecule is COC1C(n2cnc3c(N)ncnc32)OC2(C)COP(O)(=S)OC3C(O)C(CO[P+](=O)OC12)OC3n1cnc2c(N)ncnc21. The highest BCUT2D eigenvalue weighted by Gasteiger charge is 2.60. The molecular formula is C22H27N10O10P2S+. The number of aliphatic hydroxyl groups is 1. The molecule has 10 unspecified atom stereocenters. The number of aromatic nitrogens is 8. The number of nitrogens with zero attached hydrogens (tertiary/aromatic N) is 8. The van der Waals surface area contributed by atoms with Gasteiger partial charge in [-0.2, -0.15) is 0 Å². The van der Waals surface area contributed by atoms with Crippen LogP contribution in [-0.2, 0) is 48.7 Å². The van der Waals surface area contributed by atoms with Gasteiger partial charge in [0.2, 0.25) is 0 Å². The fraction of sp³-hybridized carbons (Fsp3) is 0.545. The molecule has 0 aromatic carbocycles. The molecule has 7 heterocycles. The summed E-state index contributed by atoms with van der Waals surface area (Å²) in [5, 5.41) is 11.2. The van der Waals surface area contributed by atoms with E-state index in [2.05, 4.69) is 29.9 Å². The number of fused-ring (bicyclic) bond motifs is 5. The van der Waals surface area contributed by atoms with Crippen molar-refractivity contribution in [1.29, 1.82) is 0 Å². The lowest BCUT2D eigenvalue weighted by molar-refractivity contribution is -0.113. The van der Waals surface area contributed by atoms with Crippen molar-refractivity contribution in [2.45, 2.75) is 55.5 Å². The van der Waals surface area contributed by atoms with Crippen molar-refractivity contribution in [2.75, 3.05) is 31.8 Å². The minimum Gasteiger partial charge on any atom is -0.387 e. The van der Waals surface area contributed by atoms with Gasteiger partial charge in [-0.25, -0.2) is 29.9 Å². The van der Waals surface area contributed by atoms with Crippen LogP contribution in [-0.4, -0.2) is 105 Å². The van der Waals surface area contributed by atoms with E-state index in [1.807, 2.05) is 0 Å². The number of nitrogen functional groups attached to an aromatic ring is 2. The smallest absolute Gasteiger partial charge is 0.387 e. The molecular weight excluding hydrogens is 658 g/mol. The van der Waals surface area contributed by atoms with Crippen molar-refractivity contribution in [1.82, 2.24) is 39.0 Å². The van der Waals surface area contributed by atoms with Gasteiger partial charge >= 0.3 is 15.0 Å². The van der Waals surface area contributed by atoms with Gasteiger partial charge in [0.1, 0.15) is 60.3 Å². The molecule has 3 aliphatic heterocycles. The summed E-state index contributed by atoms with van der Waals surface area (Å²) in [4.78, 5) is 36.1. The van der Waals surface area contributed by atoms with E-state index in [-0.39, 0.29) is 22.8 Å². The maximum atomic E-state index is 13.2. The summed E-state index contributed by atoms with van der Waals surface area (Å²) < 4.78 is 57.5. The summed E-state index contributed by atoms with van der Waals surface area (Å²) in [6, 6.07) is 0. The highest BCUT2D eigenvalue weighted by molar-refractivity contribution is 8.07. The fourth-order valence-corrected chi connectivity index (χ4v) is 7.94. The Bertz CT molecular complexity index is 1830. The molecule has 3 fully saturated rings. The first-order valence-electron chi connectivity index (χ1n) is 13.3. The molecule has 23 heteroatoms. The van der Waals surface area contributed by atoms with Gasteiger partial charge in [0.05, 0.1) is 19.3 Å². The van der Waals surface area contributed by atoms with Crippen molar-refractivity contribution >= 4 is 60.7 Å². The number of aliphatic hydroxyl groups excluding tert-OH is 1. The van der Waals surface area contributed by atoms with Crippen LogP contribution in [0, 0.1) is 0 Å². The van der Waals surface area contributed by atoms with E-state index in [4.69, 9.17) is 55.6 Å². The highest BCUT2D eigenvalue weighted by Crippen LogP contribution is 2.53. The van der Waals surface area contributed by atoms with E-state index in [1.165, 1.54) is 37.0 Å². The molecule has 10 atom stereocenters. The summed E-state index contributed by atoms with van der Waals surface area (Å²) >= 11 is 5.37. The normalized spacial score (nSPS) is 36.9. The third-order valence-corrected chi connectivity index (χ3v) is 10.1. The number of ether oxygens (including phenoxy) is 3. The lowest BCUT2D eigenvalue weighted by atomic mass is 9.98. The Balaban J connectivity index is 1.22. The van der Waals surface area contributed by atoms with E-state index < -0.39 is 76.8 Å². The molecule has 0 radical (unpaired) electrons. The van der Waals surface area contributed by atoms with Crippen LogP contribution in [0.4, 0.5) is 11.6 Å². The Morgan fingerprint density at radius 1 is 1.07 bits per heavy atom. The standard InChI is InChI=1S/C22H26N10O10P2S/c1-22-4-38-44(35,45)42-13-12(33)9(39-20(13)31-7-29-10-16(23)25-5-27-18(10)31)3-37-43(34)41-15(22)14(36-2)21(40-22)32-8-30-11-17(24)26-6-28-19(11)32/h5-9,12-15,20-21,33H,3-4H2,1-2H3,(H4-,23,24,25,26,27,28,35,45)/p+1. The van der Waals surface area contributed by atoms with E-state index in [1.54, 1.807) is 11.5 Å². The number of hydrogen-bond acceptors (Lipinski definition) is 18. The van der Waals surface area contributed by atoms with Gasteiger partial charge in [-0.1, -0.05) is 0 Å². The van der Waals surface area contributed by atoms with Gasteiger partial charge in [0.15, 0.2) is 41.5 Å². The molecule has 0 amide bonds. The van der Waals surface area contributed by atoms with E-state index in [0.29, 0.717) is 11.2 Å². The van der Waals surface area contributed by atoms with Gasteiger partial charge in [-0.15, -0.1) is 9.05 Å². The number of nitrogens with two attached hydrogens (primary N) is 2. The zero-order chi connectivity index (χ0) is 31.7. The Labute approximate surface area is 259 Å². The number of methoxy groups -OCH3 is 1. The van der Waals surface area contributed by atoms with Crippen molar-refractivity contribution in [3.05, 3.63) is 25.3 Å². The maximum Gasteiger partial charge on any atom is 0.697 e. The second kappa shape index (κ2) is 11.4. The van der Waals surface area contributed by atoms with Gasteiger partial charge < -0.3 is 40.2 Å². The number of anilines is 2. The van der Waals surface area contributed by atoms with Crippen LogP contribution in [0.2, 0.25) is 0 Å². The van der Waals surface area contributed by atoms with Gasteiger partial charge in [-0.05, 0) is 18.7 Å². The summed E-state index contributed by atoms with van der Waals surface area (Å²) in [5.74, 6) is 0.277. The number of hydrogen-bond donors (Lipinski definition) is 4. The van der Waals surface area contributed by atoms with Crippen molar-refractivity contribution in [3.8, 4) is 0 Å². The van der Waals surface area contributed by atoms with Crippen LogP contribution in [0.3, 0.4) is 0 Å². The number of rotatable bonds is 3. The Hall–Kier alpha value is -2.91. The van der Waals surface area contributed by atoms with Crippen LogP contribution in [0.15, 0.2) is 25.3 Å². The fourth-order valence-electron chi connectivity index (χ4n) is 5.61. The largest absolute Gasteiger partial charge is 0.697 e. The van der Waals surface area contributed by atoms with Crippen LogP contribution < -0.4 is 11.5 Å². The van der Waals surface area contributed by atoms with Crippen LogP contribution >= 0.6 is 15.0 Å². The van der Waals surface area contributed by atoms with Crippen LogP contribution in [0.5, 0.6) is 0 Å². The maximum absolute atomic E-state index is 13.2. The lowest BCUT2D eigenvalue weighted by Crippen LogP contribution is -2.45. The first-order valence-corrected chi connectivity index (χ1v) is 17.0. The predicted octanol–water partition coefficient (Wildman–Crippen LogP) is 0.0828. The predicted molar refractivity (Wildman–Crippen MR) is 154 cm³/mol. The zero-order valence-electron chi connectivity index (χ0n) is 23.5. The average Bonchev–Trinajstić information content (AvgIpc) is 3.76. The summed E-state index contributed by atoms with van der Waals surface area (Å²) in [7, 11) is -1.45. The molecule has 3 saturated heterocycles. The zero-order valence-corrected chi connectivity index (χ0v) is 26.1. The number of imidazole rings is 2. The van der Waals surface area contributed by atoms with Gasteiger partial charge in [0.25, 0.3) is 0 Å². The summed E-state index contributed by atoms with van der Waals surface area (Å²) in [6.45, 7) is -3.38. The Morgan fingerprint density at radius 3 is 2.31 bits per heavy atom. The minimum absolute atomic E-state index is 0.119. The average molecular weight is 686 g/mol. The molecule has 240 valence electrons. The third kappa shape index (κ3) is 5.28. The van der Waals surface area contributed by atoms with Crippen molar-refractivity contribution in [2.24, 2.45) is 0 Å². The quantitative estimate of drug-likeness (QED) is 0.208. The first-order chi connectivity index (χ1) is 21.5. The second-order valence-corrected chi connectivity index (χ2v) is 14.3. The Kier molecular flexibility index (Phi) is 7.79. The minimum atomic E-state index is -4.15. The molecule has 4 aromatic heterocycles. The molecule has 7 rings (SSSR count). The van der Waals surface area contributed by atoms with Crippen LogP contribution in [0.25, 0.3) is 22.3 Å². The van der Waals surface area contributed by atoms with Crippen LogP contribution in [0.1, 0.15) is 19.4 Å². The molecule has 4 aromatic rings. The monoisotopic (exact) mass is 685 g/mol. The van der Waals surface area contributed by atoms with E-state index in [0.717, 1.165) is 0 Å². The first kappa shape index (κ1) is 30.7. The second-order valence-electron chi connectivity index (χ2n) is 10.6. The molecule has 3 aliphatic rings. The molecule has 6 N–H and O–H groups in total.